The molecule has 0 bridgehead atoms. The van der Waals surface area contributed by atoms with Gasteiger partial charge in [0, 0.05) is 26.2 Å². The van der Waals surface area contributed by atoms with E-state index in [0.717, 1.165) is 38.5 Å². The Morgan fingerprint density at radius 1 is 1.10 bits per heavy atom. The highest BCUT2D eigenvalue weighted by atomic mass is 16.5. The predicted octanol–water partition coefficient (Wildman–Crippen LogP) is 3.85. The van der Waals surface area contributed by atoms with E-state index in [0.29, 0.717) is 12.5 Å². The smallest absolute Gasteiger partial charge is 0.125 e. The molecule has 0 saturated heterocycles. The normalized spacial score (nSPS) is 11.1. The number of aryl methyl sites for hydroxylation is 2. The van der Waals surface area contributed by atoms with Crippen LogP contribution in [0.4, 0.5) is 0 Å². The molecule has 0 spiro atoms. The van der Waals surface area contributed by atoms with Crippen molar-refractivity contribution in [3.63, 3.8) is 0 Å². The molecule has 0 aliphatic rings. The predicted molar refractivity (Wildman–Crippen MR) is 89.1 cm³/mol. The van der Waals surface area contributed by atoms with Crippen molar-refractivity contribution in [1.29, 1.82) is 0 Å². The molecule has 0 amide bonds. The Morgan fingerprint density at radius 2 is 1.76 bits per heavy atom. The van der Waals surface area contributed by atoms with Crippen molar-refractivity contribution in [2.75, 3.05) is 26.4 Å². The standard InChI is InChI=1S/C18H31NO2/c1-6-20-8-7-9-21-18-15(4)10-17(11-16(18)5)13-19-12-14(2)3/h10-11,14,19H,6-9,12-13H2,1-5H3. The van der Waals surface area contributed by atoms with Crippen LogP contribution in [0.1, 0.15) is 43.9 Å². The first kappa shape index (κ1) is 18.0. The molecular formula is C18H31NO2. The van der Waals surface area contributed by atoms with E-state index < -0.39 is 0 Å². The highest BCUT2D eigenvalue weighted by Gasteiger charge is 2.06. The van der Waals surface area contributed by atoms with Gasteiger partial charge in [-0.3, -0.25) is 0 Å². The van der Waals surface area contributed by atoms with Crippen LogP contribution in [-0.4, -0.2) is 26.4 Å². The Bertz CT molecular complexity index is 393. The lowest BCUT2D eigenvalue weighted by Gasteiger charge is -2.15. The third-order valence-corrected chi connectivity index (χ3v) is 3.29. The molecule has 0 aliphatic carbocycles. The van der Waals surface area contributed by atoms with Crippen molar-refractivity contribution in [2.24, 2.45) is 5.92 Å². The molecule has 0 fully saturated rings. The first-order valence-electron chi connectivity index (χ1n) is 8.06. The average molecular weight is 293 g/mol. The number of ether oxygens (including phenoxy) is 2. The van der Waals surface area contributed by atoms with Crippen molar-refractivity contribution < 1.29 is 9.47 Å². The van der Waals surface area contributed by atoms with Gasteiger partial charge in [0.25, 0.3) is 0 Å². The van der Waals surface area contributed by atoms with Crippen LogP contribution in [0.15, 0.2) is 12.1 Å². The summed E-state index contributed by atoms with van der Waals surface area (Å²) >= 11 is 0. The highest BCUT2D eigenvalue weighted by molar-refractivity contribution is 5.43. The van der Waals surface area contributed by atoms with E-state index in [4.69, 9.17) is 9.47 Å². The Kier molecular flexibility index (Phi) is 8.40. The van der Waals surface area contributed by atoms with Crippen molar-refractivity contribution in [3.05, 3.63) is 28.8 Å². The maximum Gasteiger partial charge on any atom is 0.125 e. The average Bonchev–Trinajstić information content (AvgIpc) is 2.40. The van der Waals surface area contributed by atoms with Gasteiger partial charge in [-0.05, 0) is 49.9 Å². The van der Waals surface area contributed by atoms with Gasteiger partial charge in [-0.25, -0.2) is 0 Å². The minimum Gasteiger partial charge on any atom is -0.493 e. The lowest BCUT2D eigenvalue weighted by atomic mass is 10.1. The molecule has 21 heavy (non-hydrogen) atoms. The van der Waals surface area contributed by atoms with Crippen LogP contribution in [-0.2, 0) is 11.3 Å². The van der Waals surface area contributed by atoms with Gasteiger partial charge in [0.1, 0.15) is 5.75 Å². The Morgan fingerprint density at radius 3 is 2.33 bits per heavy atom. The Hall–Kier alpha value is -1.06. The molecule has 0 aromatic heterocycles. The second-order valence-corrected chi connectivity index (χ2v) is 5.98. The summed E-state index contributed by atoms with van der Waals surface area (Å²) in [6.45, 7) is 14.9. The van der Waals surface area contributed by atoms with Gasteiger partial charge in [-0.2, -0.15) is 0 Å². The van der Waals surface area contributed by atoms with E-state index in [1.165, 1.54) is 16.7 Å². The van der Waals surface area contributed by atoms with E-state index in [1.54, 1.807) is 0 Å². The van der Waals surface area contributed by atoms with Crippen molar-refractivity contribution >= 4 is 0 Å². The largest absolute Gasteiger partial charge is 0.493 e. The minimum atomic E-state index is 0.681. The fourth-order valence-electron chi connectivity index (χ4n) is 2.35. The summed E-state index contributed by atoms with van der Waals surface area (Å²) in [7, 11) is 0. The zero-order chi connectivity index (χ0) is 15.7. The summed E-state index contributed by atoms with van der Waals surface area (Å²) in [5.74, 6) is 1.71. The summed E-state index contributed by atoms with van der Waals surface area (Å²) in [6.07, 6.45) is 0.935. The molecule has 3 nitrogen and oxygen atoms in total. The first-order chi connectivity index (χ1) is 10.0. The van der Waals surface area contributed by atoms with Crippen LogP contribution < -0.4 is 10.1 Å². The van der Waals surface area contributed by atoms with Gasteiger partial charge in [0.15, 0.2) is 0 Å². The van der Waals surface area contributed by atoms with Crippen LogP contribution in [0.25, 0.3) is 0 Å². The molecule has 1 N–H and O–H groups in total. The topological polar surface area (TPSA) is 30.5 Å². The van der Waals surface area contributed by atoms with Crippen molar-refractivity contribution in [2.45, 2.75) is 47.6 Å². The molecule has 3 heteroatoms. The van der Waals surface area contributed by atoms with Gasteiger partial charge in [-0.15, -0.1) is 0 Å². The van der Waals surface area contributed by atoms with Gasteiger partial charge in [0.2, 0.25) is 0 Å². The fraction of sp³-hybridized carbons (Fsp3) is 0.667. The molecule has 0 saturated carbocycles. The fourth-order valence-corrected chi connectivity index (χ4v) is 2.35. The molecule has 0 aliphatic heterocycles. The van der Waals surface area contributed by atoms with E-state index >= 15 is 0 Å². The van der Waals surface area contributed by atoms with Crippen LogP contribution in [0.2, 0.25) is 0 Å². The zero-order valence-electron chi connectivity index (χ0n) is 14.3. The number of hydrogen-bond donors (Lipinski definition) is 1. The minimum absolute atomic E-state index is 0.681. The Balaban J connectivity index is 2.50. The van der Waals surface area contributed by atoms with Crippen LogP contribution >= 0.6 is 0 Å². The molecule has 0 radical (unpaired) electrons. The number of rotatable bonds is 10. The van der Waals surface area contributed by atoms with Gasteiger partial charge in [-0.1, -0.05) is 26.0 Å². The first-order valence-corrected chi connectivity index (χ1v) is 8.06. The lowest BCUT2D eigenvalue weighted by Crippen LogP contribution is -2.19. The third kappa shape index (κ3) is 6.96. The van der Waals surface area contributed by atoms with Crippen molar-refractivity contribution in [1.82, 2.24) is 5.32 Å². The second kappa shape index (κ2) is 9.80. The maximum atomic E-state index is 5.91. The summed E-state index contributed by atoms with van der Waals surface area (Å²) in [5, 5.41) is 3.48. The van der Waals surface area contributed by atoms with Gasteiger partial charge < -0.3 is 14.8 Å². The summed E-state index contributed by atoms with van der Waals surface area (Å²) in [6, 6.07) is 4.44. The highest BCUT2D eigenvalue weighted by Crippen LogP contribution is 2.25. The molecule has 1 rings (SSSR count). The Labute approximate surface area is 130 Å². The third-order valence-electron chi connectivity index (χ3n) is 3.29. The molecule has 120 valence electrons. The molecule has 0 unspecified atom stereocenters. The number of hydrogen-bond acceptors (Lipinski definition) is 3. The van der Waals surface area contributed by atoms with Crippen LogP contribution in [0, 0.1) is 19.8 Å². The molecule has 1 aromatic carbocycles. The summed E-state index contributed by atoms with van der Waals surface area (Å²) in [4.78, 5) is 0. The van der Waals surface area contributed by atoms with Crippen molar-refractivity contribution in [3.8, 4) is 5.75 Å². The molecule has 0 atom stereocenters. The van der Waals surface area contributed by atoms with E-state index in [9.17, 15) is 0 Å². The van der Waals surface area contributed by atoms with Gasteiger partial charge >= 0.3 is 0 Å². The summed E-state index contributed by atoms with van der Waals surface area (Å²) < 4.78 is 11.2. The quantitative estimate of drug-likeness (QED) is 0.665. The SMILES string of the molecule is CCOCCCOc1c(C)cc(CNCC(C)C)cc1C. The van der Waals surface area contributed by atoms with E-state index in [-0.39, 0.29) is 0 Å². The molecule has 1 aromatic rings. The second-order valence-electron chi connectivity index (χ2n) is 5.98. The zero-order valence-corrected chi connectivity index (χ0v) is 14.3. The molecule has 0 heterocycles. The summed E-state index contributed by atoms with van der Waals surface area (Å²) in [5.41, 5.74) is 3.76. The van der Waals surface area contributed by atoms with E-state index in [1.807, 2.05) is 6.92 Å². The lowest BCUT2D eigenvalue weighted by molar-refractivity contribution is 0.130. The monoisotopic (exact) mass is 293 g/mol. The van der Waals surface area contributed by atoms with E-state index in [2.05, 4.69) is 45.1 Å². The number of nitrogens with one attached hydrogen (secondary N) is 1. The number of benzene rings is 1. The van der Waals surface area contributed by atoms with Crippen LogP contribution in [0.5, 0.6) is 5.75 Å². The van der Waals surface area contributed by atoms with Gasteiger partial charge in [0.05, 0.1) is 6.61 Å². The maximum absolute atomic E-state index is 5.91. The van der Waals surface area contributed by atoms with Crippen LogP contribution in [0.3, 0.4) is 0 Å². The molecular weight excluding hydrogens is 262 g/mol.